The van der Waals surface area contributed by atoms with Gasteiger partial charge in [-0.1, -0.05) is 30.3 Å². The van der Waals surface area contributed by atoms with Gasteiger partial charge in [-0.2, -0.15) is 0 Å². The van der Waals surface area contributed by atoms with Gasteiger partial charge in [-0.25, -0.2) is 14.4 Å². The molecule has 12 heteroatoms. The summed E-state index contributed by atoms with van der Waals surface area (Å²) >= 11 is 0. The van der Waals surface area contributed by atoms with E-state index in [0.29, 0.717) is 5.56 Å². The molecule has 0 spiro atoms. The molecule has 1 aromatic rings. The quantitative estimate of drug-likeness (QED) is 0.436. The Bertz CT molecular complexity index is 940. The number of carboxylic acids is 1. The highest BCUT2D eigenvalue weighted by Crippen LogP contribution is 2.25. The number of carbonyl (C=O) groups excluding carboxylic acids is 3. The molecule has 0 bridgehead atoms. The number of carbonyl (C=O) groups is 4. The second-order valence-corrected chi connectivity index (χ2v) is 10.4. The van der Waals surface area contributed by atoms with Crippen molar-refractivity contribution in [3.05, 3.63) is 35.9 Å². The molecule has 2 rings (SSSR count). The highest BCUT2D eigenvalue weighted by Gasteiger charge is 2.50. The first-order valence-corrected chi connectivity index (χ1v) is 11.4. The lowest BCUT2D eigenvalue weighted by Gasteiger charge is -2.45. The lowest BCUT2D eigenvalue weighted by atomic mass is 9.88. The molecular formula is C24H35N3O9. The van der Waals surface area contributed by atoms with Crippen molar-refractivity contribution in [2.24, 2.45) is 5.92 Å². The Morgan fingerprint density at radius 1 is 0.944 bits per heavy atom. The summed E-state index contributed by atoms with van der Waals surface area (Å²) in [5.41, 5.74) is -1.12. The average Bonchev–Trinajstić information content (AvgIpc) is 2.73. The van der Waals surface area contributed by atoms with E-state index in [1.807, 2.05) is 0 Å². The Morgan fingerprint density at radius 3 is 2.06 bits per heavy atom. The zero-order valence-corrected chi connectivity index (χ0v) is 21.3. The van der Waals surface area contributed by atoms with E-state index < -0.39 is 66.2 Å². The smallest absolute Gasteiger partial charge is 0.412 e. The van der Waals surface area contributed by atoms with Gasteiger partial charge in [0.15, 0.2) is 0 Å². The summed E-state index contributed by atoms with van der Waals surface area (Å²) in [6.45, 7) is 9.14. The van der Waals surface area contributed by atoms with E-state index >= 15 is 0 Å². The molecule has 1 aromatic carbocycles. The third-order valence-corrected chi connectivity index (χ3v) is 4.96. The summed E-state index contributed by atoms with van der Waals surface area (Å²) in [5, 5.41) is 25.6. The lowest BCUT2D eigenvalue weighted by Crippen LogP contribution is -2.71. The monoisotopic (exact) mass is 509 g/mol. The fourth-order valence-corrected chi connectivity index (χ4v) is 3.48. The maximum absolute atomic E-state index is 12.9. The van der Waals surface area contributed by atoms with Gasteiger partial charge in [0.1, 0.15) is 30.1 Å². The number of aliphatic hydroxyl groups excluding tert-OH is 1. The molecule has 200 valence electrons. The molecule has 0 saturated carbocycles. The predicted molar refractivity (Wildman–Crippen MR) is 127 cm³/mol. The minimum Gasteiger partial charge on any atom is -0.481 e. The zero-order chi connectivity index (χ0) is 27.3. The highest BCUT2D eigenvalue weighted by molar-refractivity contribution is 5.77. The molecule has 0 aromatic heterocycles. The number of aliphatic hydroxyl groups is 1. The van der Waals surface area contributed by atoms with Crippen LogP contribution in [0.25, 0.3) is 0 Å². The van der Waals surface area contributed by atoms with Gasteiger partial charge in [0.2, 0.25) is 0 Å². The number of nitrogens with zero attached hydrogens (tertiary/aromatic N) is 1. The second-order valence-electron chi connectivity index (χ2n) is 10.4. The topological polar surface area (TPSA) is 164 Å². The number of likely N-dealkylation sites (tertiary alicyclic amines) is 1. The van der Waals surface area contributed by atoms with Crippen LogP contribution in [0.2, 0.25) is 0 Å². The van der Waals surface area contributed by atoms with Crippen molar-refractivity contribution < 1.29 is 43.6 Å². The maximum atomic E-state index is 12.9. The van der Waals surface area contributed by atoms with Gasteiger partial charge < -0.3 is 29.7 Å². The Hall–Kier alpha value is -3.54. The van der Waals surface area contributed by atoms with Crippen molar-refractivity contribution in [1.82, 2.24) is 15.5 Å². The molecule has 4 N–H and O–H groups in total. The van der Waals surface area contributed by atoms with Crippen LogP contribution in [0.5, 0.6) is 0 Å². The molecule has 0 radical (unpaired) electrons. The van der Waals surface area contributed by atoms with E-state index in [1.165, 1.54) is 0 Å². The number of nitrogens with one attached hydrogen (secondary N) is 2. The van der Waals surface area contributed by atoms with Gasteiger partial charge in [0, 0.05) is 6.54 Å². The summed E-state index contributed by atoms with van der Waals surface area (Å²) in [7, 11) is 0. The van der Waals surface area contributed by atoms with Crippen LogP contribution in [0.3, 0.4) is 0 Å². The number of alkyl carbamates (subject to hydrolysis) is 2. The van der Waals surface area contributed by atoms with Crippen molar-refractivity contribution in [2.45, 2.75) is 77.7 Å². The molecule has 3 amide bonds. The Morgan fingerprint density at radius 2 is 1.53 bits per heavy atom. The number of ether oxygens (including phenoxy) is 3. The number of benzene rings is 1. The number of aliphatic carboxylic acids is 1. The molecule has 0 aliphatic carbocycles. The predicted octanol–water partition coefficient (Wildman–Crippen LogP) is 2.44. The summed E-state index contributed by atoms with van der Waals surface area (Å²) < 4.78 is 15.7. The molecule has 4 atom stereocenters. The van der Waals surface area contributed by atoms with Gasteiger partial charge in [-0.3, -0.25) is 15.0 Å². The van der Waals surface area contributed by atoms with Gasteiger partial charge in [0.25, 0.3) is 0 Å². The fourth-order valence-electron chi connectivity index (χ4n) is 3.48. The lowest BCUT2D eigenvalue weighted by molar-refractivity contribution is -0.149. The van der Waals surface area contributed by atoms with E-state index in [0.717, 1.165) is 4.90 Å². The first-order chi connectivity index (χ1) is 16.6. The molecule has 36 heavy (non-hydrogen) atoms. The number of rotatable bonds is 5. The standard InChI is InChI=1S/C24H35N3O9/c1-23(2,3)35-21(32)25-16-15(19(29)30)12-27(22(33)36-24(4,5)6)18(17(16)28)26-20(31)34-13-14-10-8-7-9-11-14/h7-11,15-18,28H,12-13H2,1-6H3,(H,25,32)(H,26,31)(H,29,30)/t15-,16+,17+,18+/m1/s1. The molecule has 1 aliphatic rings. The van der Waals surface area contributed by atoms with Crippen LogP contribution in [0, 0.1) is 5.92 Å². The third-order valence-electron chi connectivity index (χ3n) is 4.96. The van der Waals surface area contributed by atoms with Crippen molar-refractivity contribution in [1.29, 1.82) is 0 Å². The van der Waals surface area contributed by atoms with Crippen molar-refractivity contribution in [3.63, 3.8) is 0 Å². The van der Waals surface area contributed by atoms with Crippen molar-refractivity contribution >= 4 is 24.2 Å². The largest absolute Gasteiger partial charge is 0.481 e. The summed E-state index contributed by atoms with van der Waals surface area (Å²) in [6, 6.07) is 7.42. The molecule has 1 heterocycles. The molecule has 1 saturated heterocycles. The summed E-state index contributed by atoms with van der Waals surface area (Å²) in [5.74, 6) is -2.81. The van der Waals surface area contributed by atoms with Crippen LogP contribution in [-0.4, -0.2) is 75.4 Å². The molecule has 12 nitrogen and oxygen atoms in total. The van der Waals surface area contributed by atoms with Crippen LogP contribution >= 0.6 is 0 Å². The maximum Gasteiger partial charge on any atom is 0.412 e. The molecular weight excluding hydrogens is 474 g/mol. The Labute approximate surface area is 209 Å². The van der Waals surface area contributed by atoms with Gasteiger partial charge in [-0.15, -0.1) is 0 Å². The van der Waals surface area contributed by atoms with Crippen LogP contribution in [0.4, 0.5) is 14.4 Å². The minimum absolute atomic E-state index is 0.0841. The minimum atomic E-state index is -1.75. The molecule has 1 aliphatic heterocycles. The average molecular weight is 510 g/mol. The van der Waals surface area contributed by atoms with Crippen LogP contribution in [-0.2, 0) is 25.6 Å². The molecule has 1 fully saturated rings. The van der Waals surface area contributed by atoms with Crippen molar-refractivity contribution in [2.75, 3.05) is 6.54 Å². The normalized spacial score (nSPS) is 22.2. The summed E-state index contributed by atoms with van der Waals surface area (Å²) in [6.07, 6.45) is -6.12. The number of hydrogen-bond donors (Lipinski definition) is 4. The van der Waals surface area contributed by atoms with Crippen LogP contribution in [0.15, 0.2) is 30.3 Å². The highest BCUT2D eigenvalue weighted by atomic mass is 16.6. The molecule has 0 unspecified atom stereocenters. The number of hydrogen-bond acceptors (Lipinski definition) is 8. The van der Waals surface area contributed by atoms with E-state index in [-0.39, 0.29) is 6.61 Å². The Balaban J connectivity index is 2.29. The number of amides is 3. The first kappa shape index (κ1) is 28.7. The van der Waals surface area contributed by atoms with Crippen LogP contribution in [0.1, 0.15) is 47.1 Å². The summed E-state index contributed by atoms with van der Waals surface area (Å²) in [4.78, 5) is 50.8. The van der Waals surface area contributed by atoms with E-state index in [2.05, 4.69) is 10.6 Å². The van der Waals surface area contributed by atoms with Crippen LogP contribution < -0.4 is 10.6 Å². The van der Waals surface area contributed by atoms with Gasteiger partial charge >= 0.3 is 24.2 Å². The van der Waals surface area contributed by atoms with Crippen molar-refractivity contribution in [3.8, 4) is 0 Å². The third kappa shape index (κ3) is 8.59. The van der Waals surface area contributed by atoms with E-state index in [9.17, 15) is 29.4 Å². The van der Waals surface area contributed by atoms with E-state index in [1.54, 1.807) is 71.9 Å². The zero-order valence-electron chi connectivity index (χ0n) is 21.3. The van der Waals surface area contributed by atoms with Gasteiger partial charge in [-0.05, 0) is 47.1 Å². The van der Waals surface area contributed by atoms with E-state index in [4.69, 9.17) is 14.2 Å². The number of carboxylic acid groups (broad SMARTS) is 1. The fraction of sp³-hybridized carbons (Fsp3) is 0.583. The van der Waals surface area contributed by atoms with Gasteiger partial charge in [0.05, 0.1) is 12.0 Å². The number of piperidine rings is 1. The SMILES string of the molecule is CC(C)(C)OC(=O)N[C@@H]1[C@H](O)[C@@H](NC(=O)OCc2ccccc2)N(C(=O)OC(C)(C)C)C[C@H]1C(=O)O. The first-order valence-electron chi connectivity index (χ1n) is 11.4. The second kappa shape index (κ2) is 11.5. The Kier molecular flexibility index (Phi) is 9.14.